The number of amides is 1. The molecule has 31 heavy (non-hydrogen) atoms. The van der Waals surface area contributed by atoms with E-state index in [0.717, 1.165) is 16.8 Å². The van der Waals surface area contributed by atoms with Crippen LogP contribution in [0.3, 0.4) is 0 Å². The van der Waals surface area contributed by atoms with Crippen LogP contribution in [-0.4, -0.2) is 48.7 Å². The minimum Gasteiger partial charge on any atom is -0.493 e. The molecule has 0 radical (unpaired) electrons. The number of fused-ring (bicyclic) bond motifs is 1. The summed E-state index contributed by atoms with van der Waals surface area (Å²) in [4.78, 5) is 26.8. The van der Waals surface area contributed by atoms with Crippen molar-refractivity contribution in [3.63, 3.8) is 0 Å². The van der Waals surface area contributed by atoms with Gasteiger partial charge in [0.15, 0.2) is 18.1 Å². The zero-order valence-corrected chi connectivity index (χ0v) is 17.5. The molecule has 7 heteroatoms. The van der Waals surface area contributed by atoms with Crippen molar-refractivity contribution in [2.24, 2.45) is 0 Å². The normalized spacial score (nSPS) is 12.8. The molecule has 0 N–H and O–H groups in total. The van der Waals surface area contributed by atoms with Crippen molar-refractivity contribution in [3.8, 4) is 17.2 Å². The van der Waals surface area contributed by atoms with Gasteiger partial charge in [-0.15, -0.1) is 0 Å². The van der Waals surface area contributed by atoms with Crippen LogP contribution in [0.25, 0.3) is 5.69 Å². The summed E-state index contributed by atoms with van der Waals surface area (Å²) in [6, 6.07) is 14.8. The Balaban J connectivity index is 1.38. The van der Waals surface area contributed by atoms with E-state index >= 15 is 0 Å². The zero-order chi connectivity index (χ0) is 21.8. The van der Waals surface area contributed by atoms with Gasteiger partial charge in [-0.2, -0.15) is 0 Å². The second-order valence-electron chi connectivity index (χ2n) is 7.26. The van der Waals surface area contributed by atoms with Gasteiger partial charge in [0.25, 0.3) is 5.91 Å². The summed E-state index contributed by atoms with van der Waals surface area (Å²) in [5, 5.41) is 0. The molecule has 0 unspecified atom stereocenters. The number of carbonyl (C=O) groups excluding carboxylic acids is 2. The van der Waals surface area contributed by atoms with Crippen molar-refractivity contribution in [1.82, 2.24) is 9.47 Å². The third-order valence-electron chi connectivity index (χ3n) is 5.38. The lowest BCUT2D eigenvalue weighted by Gasteiger charge is -2.29. The topological polar surface area (TPSA) is 70.0 Å². The molecule has 4 rings (SSSR count). The molecule has 1 aromatic heterocycles. The third-order valence-corrected chi connectivity index (χ3v) is 5.38. The summed E-state index contributed by atoms with van der Waals surface area (Å²) in [6.07, 6.45) is 4.49. The fourth-order valence-electron chi connectivity index (χ4n) is 3.70. The molecule has 2 heterocycles. The number of aromatic nitrogens is 1. The Morgan fingerprint density at radius 2 is 1.65 bits per heavy atom. The molecule has 160 valence electrons. The fourth-order valence-corrected chi connectivity index (χ4v) is 3.70. The number of methoxy groups -OCH3 is 2. The summed E-state index contributed by atoms with van der Waals surface area (Å²) < 4.78 is 17.9. The van der Waals surface area contributed by atoms with Crippen LogP contribution in [-0.2, 0) is 22.5 Å². The molecule has 0 saturated heterocycles. The number of ether oxygens (including phenoxy) is 3. The van der Waals surface area contributed by atoms with Crippen LogP contribution in [0.4, 0.5) is 0 Å². The molecule has 0 spiro atoms. The molecule has 0 bridgehead atoms. The Bertz CT molecular complexity index is 1090. The molecule has 3 aromatic rings. The first-order valence-electron chi connectivity index (χ1n) is 10.0. The van der Waals surface area contributed by atoms with E-state index in [2.05, 4.69) is 0 Å². The van der Waals surface area contributed by atoms with E-state index in [1.807, 2.05) is 47.3 Å². The van der Waals surface area contributed by atoms with E-state index in [1.54, 1.807) is 37.3 Å². The van der Waals surface area contributed by atoms with Gasteiger partial charge in [-0.3, -0.25) is 4.79 Å². The van der Waals surface area contributed by atoms with Crippen molar-refractivity contribution in [2.45, 2.75) is 13.0 Å². The van der Waals surface area contributed by atoms with E-state index in [-0.39, 0.29) is 12.5 Å². The Hall–Kier alpha value is -3.74. The number of hydrogen-bond acceptors (Lipinski definition) is 5. The van der Waals surface area contributed by atoms with Crippen molar-refractivity contribution in [3.05, 3.63) is 77.6 Å². The molecule has 0 fully saturated rings. The van der Waals surface area contributed by atoms with Gasteiger partial charge in [-0.25, -0.2) is 4.79 Å². The van der Waals surface area contributed by atoms with Gasteiger partial charge >= 0.3 is 5.97 Å². The molecule has 2 aromatic carbocycles. The first kappa shape index (κ1) is 20.5. The predicted octanol–water partition coefficient (Wildman–Crippen LogP) is 3.24. The van der Waals surface area contributed by atoms with Crippen molar-refractivity contribution in [2.75, 3.05) is 27.4 Å². The Morgan fingerprint density at radius 3 is 2.35 bits per heavy atom. The number of rotatable bonds is 6. The average Bonchev–Trinajstić information content (AvgIpc) is 3.36. The van der Waals surface area contributed by atoms with Crippen LogP contribution in [0.5, 0.6) is 11.5 Å². The molecular weight excluding hydrogens is 396 g/mol. The minimum absolute atomic E-state index is 0.227. The molecule has 1 aliphatic heterocycles. The second-order valence-corrected chi connectivity index (χ2v) is 7.26. The lowest BCUT2D eigenvalue weighted by Crippen LogP contribution is -2.38. The highest BCUT2D eigenvalue weighted by molar-refractivity contribution is 5.92. The summed E-state index contributed by atoms with van der Waals surface area (Å²) in [7, 11) is 3.19. The number of hydrogen-bond donors (Lipinski definition) is 0. The molecule has 0 aliphatic carbocycles. The SMILES string of the molecule is COc1cc2c(cc1OC)CN(C(=O)COC(=O)c1cccc(-n3cccc3)c1)CC2. The van der Waals surface area contributed by atoms with Crippen LogP contribution in [0.15, 0.2) is 60.9 Å². The molecule has 1 amide bonds. The number of esters is 1. The van der Waals surface area contributed by atoms with Gasteiger partial charge in [-0.1, -0.05) is 6.07 Å². The van der Waals surface area contributed by atoms with Crippen molar-refractivity contribution >= 4 is 11.9 Å². The smallest absolute Gasteiger partial charge is 0.338 e. The standard InChI is InChI=1S/C24H24N2O5/c1-29-21-13-17-8-11-26(15-19(17)14-22(21)30-2)23(27)16-31-24(28)18-6-5-7-20(12-18)25-9-3-4-10-25/h3-7,9-10,12-14H,8,11,15-16H2,1-2H3. The highest BCUT2D eigenvalue weighted by Gasteiger charge is 2.24. The van der Waals surface area contributed by atoms with Gasteiger partial charge in [0.1, 0.15) is 0 Å². The highest BCUT2D eigenvalue weighted by atomic mass is 16.5. The van der Waals surface area contributed by atoms with E-state index in [0.29, 0.717) is 36.6 Å². The molecule has 0 saturated carbocycles. The summed E-state index contributed by atoms with van der Waals surface area (Å²) in [6.45, 7) is 0.701. The molecule has 7 nitrogen and oxygen atoms in total. The largest absolute Gasteiger partial charge is 0.493 e. The van der Waals surface area contributed by atoms with Crippen molar-refractivity contribution in [1.29, 1.82) is 0 Å². The minimum atomic E-state index is -0.522. The maximum Gasteiger partial charge on any atom is 0.338 e. The van der Waals surface area contributed by atoms with Gasteiger partial charge in [0.05, 0.1) is 19.8 Å². The van der Waals surface area contributed by atoms with Gasteiger partial charge in [0.2, 0.25) is 0 Å². The van der Waals surface area contributed by atoms with E-state index in [1.165, 1.54) is 0 Å². The predicted molar refractivity (Wildman–Crippen MR) is 115 cm³/mol. The lowest BCUT2D eigenvalue weighted by atomic mass is 9.99. The first-order valence-corrected chi connectivity index (χ1v) is 10.0. The van der Waals surface area contributed by atoms with Crippen molar-refractivity contribution < 1.29 is 23.8 Å². The average molecular weight is 420 g/mol. The zero-order valence-electron chi connectivity index (χ0n) is 17.5. The monoisotopic (exact) mass is 420 g/mol. The van der Waals surface area contributed by atoms with Crippen LogP contribution in [0, 0.1) is 0 Å². The fraction of sp³-hybridized carbons (Fsp3) is 0.250. The Labute approximate surface area is 180 Å². The Morgan fingerprint density at radius 1 is 0.935 bits per heavy atom. The quantitative estimate of drug-likeness (QED) is 0.573. The summed E-state index contributed by atoms with van der Waals surface area (Å²) >= 11 is 0. The van der Waals surface area contributed by atoms with Crippen LogP contribution < -0.4 is 9.47 Å². The molecule has 1 aliphatic rings. The van der Waals surface area contributed by atoms with Crippen LogP contribution in [0.1, 0.15) is 21.5 Å². The number of benzene rings is 2. The van der Waals surface area contributed by atoms with Gasteiger partial charge in [-0.05, 0) is 60.0 Å². The van der Waals surface area contributed by atoms with Crippen LogP contribution in [0.2, 0.25) is 0 Å². The Kier molecular flexibility index (Phi) is 5.93. The second kappa shape index (κ2) is 8.95. The van der Waals surface area contributed by atoms with Gasteiger partial charge in [0, 0.05) is 31.2 Å². The van der Waals surface area contributed by atoms with E-state index < -0.39 is 5.97 Å². The first-order chi connectivity index (χ1) is 15.1. The van der Waals surface area contributed by atoms with Gasteiger partial charge < -0.3 is 23.7 Å². The maximum atomic E-state index is 12.7. The third kappa shape index (κ3) is 4.40. The lowest BCUT2D eigenvalue weighted by molar-refractivity contribution is -0.135. The molecular formula is C24H24N2O5. The maximum absolute atomic E-state index is 12.7. The van der Waals surface area contributed by atoms with E-state index in [9.17, 15) is 9.59 Å². The number of nitrogens with zero attached hydrogens (tertiary/aromatic N) is 2. The summed E-state index contributed by atoms with van der Waals surface area (Å²) in [5.74, 6) is 0.558. The summed E-state index contributed by atoms with van der Waals surface area (Å²) in [5.41, 5.74) is 3.38. The number of carbonyl (C=O) groups is 2. The van der Waals surface area contributed by atoms with Crippen LogP contribution >= 0.6 is 0 Å². The highest BCUT2D eigenvalue weighted by Crippen LogP contribution is 2.33. The van der Waals surface area contributed by atoms with E-state index in [4.69, 9.17) is 14.2 Å². The molecule has 0 atom stereocenters.